The lowest BCUT2D eigenvalue weighted by atomic mass is 10.2. The first-order valence-corrected chi connectivity index (χ1v) is 9.47. The SMILES string of the molecule is O=C(Cc1csc(-c2cccnc2)n1)OCC(=O)N1CCc2ccccc21. The number of anilines is 1. The summed E-state index contributed by atoms with van der Waals surface area (Å²) in [7, 11) is 0. The molecule has 6 nitrogen and oxygen atoms in total. The number of hydrogen-bond donors (Lipinski definition) is 0. The number of carbonyl (C=O) groups excluding carboxylic acids is 2. The van der Waals surface area contributed by atoms with Crippen LogP contribution in [0.4, 0.5) is 5.69 Å². The average Bonchev–Trinajstić information content (AvgIpc) is 3.34. The number of pyridine rings is 1. The summed E-state index contributed by atoms with van der Waals surface area (Å²) in [6, 6.07) is 11.5. The van der Waals surface area contributed by atoms with Gasteiger partial charge in [-0.25, -0.2) is 4.98 Å². The van der Waals surface area contributed by atoms with E-state index in [4.69, 9.17) is 4.74 Å². The number of esters is 1. The molecule has 0 saturated carbocycles. The number of para-hydroxylation sites is 1. The molecule has 2 aromatic heterocycles. The Hall–Kier alpha value is -3.06. The number of rotatable bonds is 5. The van der Waals surface area contributed by atoms with Crippen molar-refractivity contribution in [1.29, 1.82) is 0 Å². The lowest BCUT2D eigenvalue weighted by molar-refractivity contribution is -0.147. The van der Waals surface area contributed by atoms with E-state index in [0.717, 1.165) is 28.2 Å². The van der Waals surface area contributed by atoms with Gasteiger partial charge in [-0.1, -0.05) is 18.2 Å². The molecule has 136 valence electrons. The van der Waals surface area contributed by atoms with Crippen LogP contribution in [0.5, 0.6) is 0 Å². The molecule has 0 saturated heterocycles. The molecular formula is C20H17N3O3S. The summed E-state index contributed by atoms with van der Waals surface area (Å²) in [6.07, 6.45) is 4.30. The van der Waals surface area contributed by atoms with Gasteiger partial charge in [0.1, 0.15) is 5.01 Å². The Kier molecular flexibility index (Phi) is 4.93. The van der Waals surface area contributed by atoms with Crippen LogP contribution in [0.15, 0.2) is 54.2 Å². The second kappa shape index (κ2) is 7.67. The highest BCUT2D eigenvalue weighted by atomic mass is 32.1. The molecule has 0 N–H and O–H groups in total. The highest BCUT2D eigenvalue weighted by Gasteiger charge is 2.25. The average molecular weight is 379 g/mol. The number of benzene rings is 1. The zero-order valence-electron chi connectivity index (χ0n) is 14.5. The van der Waals surface area contributed by atoms with Crippen LogP contribution < -0.4 is 4.90 Å². The van der Waals surface area contributed by atoms with Crippen LogP contribution in [0.1, 0.15) is 11.3 Å². The van der Waals surface area contributed by atoms with Crippen molar-refractivity contribution in [3.05, 3.63) is 65.4 Å². The van der Waals surface area contributed by atoms with E-state index < -0.39 is 5.97 Å². The summed E-state index contributed by atoms with van der Waals surface area (Å²) < 4.78 is 5.17. The van der Waals surface area contributed by atoms with E-state index >= 15 is 0 Å². The van der Waals surface area contributed by atoms with Crippen molar-refractivity contribution < 1.29 is 14.3 Å². The van der Waals surface area contributed by atoms with Crippen LogP contribution in [0, 0.1) is 0 Å². The summed E-state index contributed by atoms with van der Waals surface area (Å²) >= 11 is 1.45. The van der Waals surface area contributed by atoms with E-state index in [1.165, 1.54) is 11.3 Å². The number of thiazole rings is 1. The number of nitrogens with zero attached hydrogens (tertiary/aromatic N) is 3. The second-order valence-corrected chi connectivity index (χ2v) is 7.01. The molecule has 1 aromatic carbocycles. The zero-order valence-corrected chi connectivity index (χ0v) is 15.3. The van der Waals surface area contributed by atoms with Gasteiger partial charge in [0.15, 0.2) is 6.61 Å². The largest absolute Gasteiger partial charge is 0.455 e. The van der Waals surface area contributed by atoms with Crippen LogP contribution >= 0.6 is 11.3 Å². The summed E-state index contributed by atoms with van der Waals surface area (Å²) in [6.45, 7) is 0.364. The van der Waals surface area contributed by atoms with E-state index in [-0.39, 0.29) is 18.9 Å². The lowest BCUT2D eigenvalue weighted by Crippen LogP contribution is -2.33. The predicted octanol–water partition coefficient (Wildman–Crippen LogP) is 2.88. The van der Waals surface area contributed by atoms with Gasteiger partial charge in [0.2, 0.25) is 0 Å². The molecule has 7 heteroatoms. The third kappa shape index (κ3) is 3.88. The van der Waals surface area contributed by atoms with E-state index in [0.29, 0.717) is 12.2 Å². The van der Waals surface area contributed by atoms with Crippen molar-refractivity contribution in [2.75, 3.05) is 18.1 Å². The molecule has 0 atom stereocenters. The first-order valence-electron chi connectivity index (χ1n) is 8.59. The molecule has 1 aliphatic rings. The minimum Gasteiger partial charge on any atom is -0.455 e. The standard InChI is InChI=1S/C20H17N3O3S/c24-18(23-9-7-14-4-1-2-6-17(14)23)12-26-19(25)10-16-13-27-20(22-16)15-5-3-8-21-11-15/h1-6,8,11,13H,7,9-10,12H2. The number of hydrogen-bond acceptors (Lipinski definition) is 6. The van der Waals surface area contributed by atoms with Gasteiger partial charge >= 0.3 is 5.97 Å². The third-order valence-electron chi connectivity index (χ3n) is 4.33. The van der Waals surface area contributed by atoms with Crippen LogP contribution in [0.3, 0.4) is 0 Å². The van der Waals surface area contributed by atoms with E-state index in [1.807, 2.05) is 41.8 Å². The summed E-state index contributed by atoms with van der Waals surface area (Å²) in [4.78, 5) is 34.6. The van der Waals surface area contributed by atoms with Crippen LogP contribution in [-0.2, 0) is 27.2 Å². The fourth-order valence-corrected chi connectivity index (χ4v) is 3.84. The van der Waals surface area contributed by atoms with Crippen molar-refractivity contribution in [3.8, 4) is 10.6 Å². The summed E-state index contributed by atoms with van der Waals surface area (Å²) in [5.74, 6) is -0.665. The van der Waals surface area contributed by atoms with Crippen LogP contribution in [0.25, 0.3) is 10.6 Å². The summed E-state index contributed by atoms with van der Waals surface area (Å²) in [5, 5.41) is 2.62. The fourth-order valence-electron chi connectivity index (χ4n) is 3.03. The van der Waals surface area contributed by atoms with Crippen molar-refractivity contribution in [2.45, 2.75) is 12.8 Å². The van der Waals surface area contributed by atoms with E-state index in [1.54, 1.807) is 17.3 Å². The fraction of sp³-hybridized carbons (Fsp3) is 0.200. The van der Waals surface area contributed by atoms with Gasteiger partial charge in [0, 0.05) is 35.6 Å². The molecule has 0 radical (unpaired) electrons. The normalized spacial score (nSPS) is 12.7. The van der Waals surface area contributed by atoms with Gasteiger partial charge in [0.25, 0.3) is 5.91 Å². The van der Waals surface area contributed by atoms with Crippen LogP contribution in [0.2, 0.25) is 0 Å². The Morgan fingerprint density at radius 2 is 2.07 bits per heavy atom. The maximum absolute atomic E-state index is 12.4. The van der Waals surface area contributed by atoms with Crippen LogP contribution in [-0.4, -0.2) is 35.0 Å². The highest BCUT2D eigenvalue weighted by Crippen LogP contribution is 2.27. The topological polar surface area (TPSA) is 72.4 Å². The molecule has 0 bridgehead atoms. The first kappa shape index (κ1) is 17.4. The number of ether oxygens (including phenoxy) is 1. The lowest BCUT2D eigenvalue weighted by Gasteiger charge is -2.17. The highest BCUT2D eigenvalue weighted by molar-refractivity contribution is 7.13. The van der Waals surface area contributed by atoms with Gasteiger partial charge < -0.3 is 9.64 Å². The maximum atomic E-state index is 12.4. The second-order valence-electron chi connectivity index (χ2n) is 6.15. The van der Waals surface area contributed by atoms with Crippen molar-refractivity contribution in [2.24, 2.45) is 0 Å². The molecule has 1 amide bonds. The van der Waals surface area contributed by atoms with Gasteiger partial charge in [-0.3, -0.25) is 14.6 Å². The third-order valence-corrected chi connectivity index (χ3v) is 5.27. The Labute approximate surface area is 160 Å². The van der Waals surface area contributed by atoms with Crippen molar-refractivity contribution in [1.82, 2.24) is 9.97 Å². The molecule has 0 spiro atoms. The number of amides is 1. The van der Waals surface area contributed by atoms with Crippen molar-refractivity contribution in [3.63, 3.8) is 0 Å². The number of carbonyl (C=O) groups is 2. The molecule has 27 heavy (non-hydrogen) atoms. The molecule has 0 aliphatic carbocycles. The molecule has 4 rings (SSSR count). The summed E-state index contributed by atoms with van der Waals surface area (Å²) in [5.41, 5.74) is 3.58. The number of aromatic nitrogens is 2. The number of fused-ring (bicyclic) bond motifs is 1. The van der Waals surface area contributed by atoms with E-state index in [9.17, 15) is 9.59 Å². The Morgan fingerprint density at radius 1 is 1.19 bits per heavy atom. The van der Waals surface area contributed by atoms with Gasteiger partial charge in [-0.15, -0.1) is 11.3 Å². The van der Waals surface area contributed by atoms with Crippen molar-refractivity contribution >= 4 is 28.9 Å². The molecule has 3 heterocycles. The molecule has 0 fully saturated rings. The minimum absolute atomic E-state index is 0.0423. The molecule has 3 aromatic rings. The Morgan fingerprint density at radius 3 is 2.93 bits per heavy atom. The Balaban J connectivity index is 1.32. The van der Waals surface area contributed by atoms with Gasteiger partial charge in [-0.2, -0.15) is 0 Å². The minimum atomic E-state index is -0.459. The molecule has 1 aliphatic heterocycles. The molecular weight excluding hydrogens is 362 g/mol. The van der Waals surface area contributed by atoms with Gasteiger partial charge in [-0.05, 0) is 30.2 Å². The first-order chi connectivity index (χ1) is 13.2. The monoisotopic (exact) mass is 379 g/mol. The quantitative estimate of drug-likeness (QED) is 0.638. The Bertz CT molecular complexity index is 971. The zero-order chi connectivity index (χ0) is 18.6. The molecule has 0 unspecified atom stereocenters. The maximum Gasteiger partial charge on any atom is 0.312 e. The smallest absolute Gasteiger partial charge is 0.312 e. The predicted molar refractivity (Wildman–Crippen MR) is 103 cm³/mol. The van der Waals surface area contributed by atoms with Gasteiger partial charge in [0.05, 0.1) is 12.1 Å². The van der Waals surface area contributed by atoms with E-state index in [2.05, 4.69) is 9.97 Å².